The van der Waals surface area contributed by atoms with E-state index in [1.807, 2.05) is 0 Å². The van der Waals surface area contributed by atoms with Crippen molar-refractivity contribution < 1.29 is 19.1 Å². The van der Waals surface area contributed by atoms with E-state index in [4.69, 9.17) is 32.7 Å². The first-order valence-electron chi connectivity index (χ1n) is 6.83. The lowest BCUT2D eigenvalue weighted by molar-refractivity contribution is -0.119. The number of aryl methyl sites for hydroxylation is 2. The molecule has 0 aliphatic heterocycles. The number of esters is 1. The fourth-order valence-electron chi connectivity index (χ4n) is 2.03. The highest BCUT2D eigenvalue weighted by Gasteiger charge is 2.21. The van der Waals surface area contributed by atoms with Gasteiger partial charge in [0.05, 0.1) is 18.5 Å². The number of carbonyl (C=O) groups excluding carboxylic acids is 2. The van der Waals surface area contributed by atoms with Crippen molar-refractivity contribution in [3.8, 4) is 5.75 Å². The van der Waals surface area contributed by atoms with Crippen LogP contribution in [0.1, 0.15) is 16.1 Å². The molecule has 9 heteroatoms. The molecule has 128 valence electrons. The van der Waals surface area contributed by atoms with Crippen molar-refractivity contribution >= 4 is 40.8 Å². The lowest BCUT2D eigenvalue weighted by atomic mass is 10.3. The van der Waals surface area contributed by atoms with Crippen LogP contribution in [0.25, 0.3) is 0 Å². The fraction of sp³-hybridized carbons (Fsp3) is 0.267. The van der Waals surface area contributed by atoms with Gasteiger partial charge < -0.3 is 14.8 Å². The molecule has 0 bridgehead atoms. The maximum Gasteiger partial charge on any atom is 0.343 e. The summed E-state index contributed by atoms with van der Waals surface area (Å²) in [4.78, 5) is 24.0. The molecule has 0 saturated heterocycles. The molecule has 2 rings (SSSR count). The van der Waals surface area contributed by atoms with Crippen molar-refractivity contribution in [1.82, 2.24) is 9.78 Å². The summed E-state index contributed by atoms with van der Waals surface area (Å²) in [5.41, 5.74) is 0.929. The van der Waals surface area contributed by atoms with Crippen molar-refractivity contribution in [2.24, 2.45) is 7.05 Å². The topological polar surface area (TPSA) is 82.4 Å². The summed E-state index contributed by atoms with van der Waals surface area (Å²) in [5, 5.41) is 7.15. The second kappa shape index (κ2) is 7.55. The Morgan fingerprint density at radius 2 is 2.04 bits per heavy atom. The lowest BCUT2D eigenvalue weighted by Gasteiger charge is -2.10. The number of nitrogens with one attached hydrogen (secondary N) is 1. The molecule has 1 heterocycles. The van der Waals surface area contributed by atoms with Crippen LogP contribution in [-0.2, 0) is 16.6 Å². The normalized spacial score (nSPS) is 10.4. The standard InChI is InChI=1S/C15H15Cl2N3O4/c1-8-13(14(17)20(2)19-8)15(22)24-7-12(21)18-10-6-9(16)4-5-11(10)23-3/h4-6H,7H2,1-3H3,(H,18,21). The zero-order chi connectivity index (χ0) is 17.9. The van der Waals surface area contributed by atoms with Crippen LogP contribution in [-0.4, -0.2) is 35.4 Å². The zero-order valence-electron chi connectivity index (χ0n) is 13.2. The molecule has 0 aliphatic rings. The van der Waals surface area contributed by atoms with Gasteiger partial charge in [-0.15, -0.1) is 0 Å². The molecule has 24 heavy (non-hydrogen) atoms. The molecule has 7 nitrogen and oxygen atoms in total. The number of carbonyl (C=O) groups is 2. The van der Waals surface area contributed by atoms with Crippen molar-refractivity contribution in [2.45, 2.75) is 6.92 Å². The minimum Gasteiger partial charge on any atom is -0.495 e. The molecule has 0 spiro atoms. The van der Waals surface area contributed by atoms with Crippen LogP contribution < -0.4 is 10.1 Å². The lowest BCUT2D eigenvalue weighted by Crippen LogP contribution is -2.21. The maximum absolute atomic E-state index is 12.0. The van der Waals surface area contributed by atoms with E-state index >= 15 is 0 Å². The van der Waals surface area contributed by atoms with E-state index in [1.165, 1.54) is 17.9 Å². The number of methoxy groups -OCH3 is 1. The Kier molecular flexibility index (Phi) is 5.69. The fourth-order valence-corrected chi connectivity index (χ4v) is 2.45. The Morgan fingerprint density at radius 1 is 1.33 bits per heavy atom. The van der Waals surface area contributed by atoms with Gasteiger partial charge in [0.15, 0.2) is 6.61 Å². The van der Waals surface area contributed by atoms with Gasteiger partial charge in [-0.2, -0.15) is 5.10 Å². The van der Waals surface area contributed by atoms with E-state index in [0.29, 0.717) is 22.2 Å². The molecule has 2 aromatic rings. The van der Waals surface area contributed by atoms with Gasteiger partial charge in [-0.05, 0) is 25.1 Å². The zero-order valence-corrected chi connectivity index (χ0v) is 14.7. The third kappa shape index (κ3) is 3.98. The van der Waals surface area contributed by atoms with E-state index in [-0.39, 0.29) is 10.7 Å². The number of rotatable bonds is 5. The van der Waals surface area contributed by atoms with Crippen molar-refractivity contribution in [3.05, 3.63) is 39.6 Å². The number of nitrogens with zero attached hydrogens (tertiary/aromatic N) is 2. The van der Waals surface area contributed by atoms with Gasteiger partial charge in [-0.3, -0.25) is 9.48 Å². The Morgan fingerprint density at radius 3 is 2.62 bits per heavy atom. The van der Waals surface area contributed by atoms with Gasteiger partial charge in [0, 0.05) is 12.1 Å². The second-order valence-corrected chi connectivity index (χ2v) is 5.64. The van der Waals surface area contributed by atoms with Crippen molar-refractivity contribution in [1.29, 1.82) is 0 Å². The summed E-state index contributed by atoms with van der Waals surface area (Å²) >= 11 is 11.9. The first kappa shape index (κ1) is 18.1. The molecule has 1 aromatic heterocycles. The Bertz CT molecular complexity index is 789. The van der Waals surface area contributed by atoms with Gasteiger partial charge in [-0.25, -0.2) is 4.79 Å². The molecule has 0 aliphatic carbocycles. The molecular formula is C15H15Cl2N3O4. The van der Waals surface area contributed by atoms with Gasteiger partial charge in [0.2, 0.25) is 0 Å². The van der Waals surface area contributed by atoms with Gasteiger partial charge in [-0.1, -0.05) is 23.2 Å². The number of hydrogen-bond acceptors (Lipinski definition) is 5. The van der Waals surface area contributed by atoms with E-state index in [9.17, 15) is 9.59 Å². The van der Waals surface area contributed by atoms with E-state index in [2.05, 4.69) is 10.4 Å². The SMILES string of the molecule is COc1ccc(Cl)cc1NC(=O)COC(=O)c1c(C)nn(C)c1Cl. The maximum atomic E-state index is 12.0. The third-order valence-corrected chi connectivity index (χ3v) is 3.80. The van der Waals surface area contributed by atoms with Gasteiger partial charge in [0.1, 0.15) is 16.5 Å². The Balaban J connectivity index is 2.01. The highest BCUT2D eigenvalue weighted by Crippen LogP contribution is 2.27. The summed E-state index contributed by atoms with van der Waals surface area (Å²) in [5.74, 6) is -0.828. The minimum atomic E-state index is -0.723. The van der Waals surface area contributed by atoms with Crippen LogP contribution in [0.4, 0.5) is 5.69 Å². The summed E-state index contributed by atoms with van der Waals surface area (Å²) < 4.78 is 11.5. The average Bonchev–Trinajstić information content (AvgIpc) is 2.78. The first-order chi connectivity index (χ1) is 11.3. The Hall–Kier alpha value is -2.25. The minimum absolute atomic E-state index is 0.132. The molecule has 0 unspecified atom stereocenters. The van der Waals surface area contributed by atoms with Crippen LogP contribution in [0, 0.1) is 6.92 Å². The van der Waals surface area contributed by atoms with E-state index in [1.54, 1.807) is 26.1 Å². The number of benzene rings is 1. The Labute approximate surface area is 148 Å². The van der Waals surface area contributed by atoms with Gasteiger partial charge >= 0.3 is 5.97 Å². The van der Waals surface area contributed by atoms with E-state index in [0.717, 1.165) is 0 Å². The molecule has 1 aromatic carbocycles. The summed E-state index contributed by atoms with van der Waals surface area (Å²) in [6.45, 7) is 1.14. The molecule has 1 N–H and O–H groups in total. The quantitative estimate of drug-likeness (QED) is 0.817. The first-order valence-corrected chi connectivity index (χ1v) is 7.58. The molecule has 0 fully saturated rings. The average molecular weight is 372 g/mol. The molecular weight excluding hydrogens is 357 g/mol. The van der Waals surface area contributed by atoms with Crippen LogP contribution in [0.3, 0.4) is 0 Å². The molecule has 0 radical (unpaired) electrons. The van der Waals surface area contributed by atoms with Crippen molar-refractivity contribution in [2.75, 3.05) is 19.0 Å². The molecule has 0 atom stereocenters. The highest BCUT2D eigenvalue weighted by molar-refractivity contribution is 6.32. The highest BCUT2D eigenvalue weighted by atomic mass is 35.5. The predicted molar refractivity (Wildman–Crippen MR) is 89.9 cm³/mol. The largest absolute Gasteiger partial charge is 0.495 e. The number of ether oxygens (including phenoxy) is 2. The number of hydrogen-bond donors (Lipinski definition) is 1. The van der Waals surface area contributed by atoms with Crippen LogP contribution >= 0.6 is 23.2 Å². The number of amides is 1. The summed E-state index contributed by atoms with van der Waals surface area (Å²) in [6.07, 6.45) is 0. The van der Waals surface area contributed by atoms with E-state index < -0.39 is 18.5 Å². The van der Waals surface area contributed by atoms with Crippen molar-refractivity contribution in [3.63, 3.8) is 0 Å². The smallest absolute Gasteiger partial charge is 0.343 e. The second-order valence-electron chi connectivity index (χ2n) is 4.84. The summed E-state index contributed by atoms with van der Waals surface area (Å²) in [7, 11) is 3.07. The number of aromatic nitrogens is 2. The monoisotopic (exact) mass is 371 g/mol. The molecule has 1 amide bonds. The third-order valence-electron chi connectivity index (χ3n) is 3.13. The van der Waals surface area contributed by atoms with Crippen LogP contribution in [0.15, 0.2) is 18.2 Å². The predicted octanol–water partition coefficient (Wildman–Crippen LogP) is 2.84. The summed E-state index contributed by atoms with van der Waals surface area (Å²) in [6, 6.07) is 4.77. The molecule has 0 saturated carbocycles. The van der Waals surface area contributed by atoms with Gasteiger partial charge in [0.25, 0.3) is 5.91 Å². The number of anilines is 1. The van der Waals surface area contributed by atoms with Crippen LogP contribution in [0.2, 0.25) is 10.2 Å². The number of halogens is 2. The van der Waals surface area contributed by atoms with Crippen LogP contribution in [0.5, 0.6) is 5.75 Å².